The lowest BCUT2D eigenvalue weighted by Crippen LogP contribution is -2.18. The lowest BCUT2D eigenvalue weighted by Gasteiger charge is -2.09. The molecule has 2 N–H and O–H groups in total. The van der Waals surface area contributed by atoms with Crippen molar-refractivity contribution in [1.82, 2.24) is 5.43 Å². The quantitative estimate of drug-likeness (QED) is 0.0946. The molecular weight excluding hydrogens is 528 g/mol. The second-order valence-corrected chi connectivity index (χ2v) is 8.56. The minimum Gasteiger partial charge on any atom is -0.497 e. The fourth-order valence-corrected chi connectivity index (χ4v) is 3.69. The molecule has 206 valence electrons. The van der Waals surface area contributed by atoms with Gasteiger partial charge >= 0.3 is 11.7 Å². The van der Waals surface area contributed by atoms with Crippen molar-refractivity contribution in [2.45, 2.75) is 6.42 Å². The first-order valence-corrected chi connectivity index (χ1v) is 12.2. The number of nitrogens with zero attached hydrogens (tertiary/aromatic N) is 2. The minimum atomic E-state index is -0.823. The van der Waals surface area contributed by atoms with Gasteiger partial charge in [-0.05, 0) is 60.2 Å². The number of hydrogen-bond acceptors (Lipinski definition) is 8. The number of methoxy groups -OCH3 is 1. The highest BCUT2D eigenvalue weighted by Gasteiger charge is 2.22. The normalized spacial score (nSPS) is 10.6. The van der Waals surface area contributed by atoms with E-state index in [1.54, 1.807) is 24.3 Å². The van der Waals surface area contributed by atoms with Gasteiger partial charge in [0.15, 0.2) is 0 Å². The largest absolute Gasteiger partial charge is 0.497 e. The Kier molecular flexibility index (Phi) is 9.13. The van der Waals surface area contributed by atoms with Crippen LogP contribution in [0.5, 0.6) is 11.5 Å². The van der Waals surface area contributed by atoms with Gasteiger partial charge in [-0.3, -0.25) is 19.7 Å². The lowest BCUT2D eigenvalue weighted by atomic mass is 10.1. The lowest BCUT2D eigenvalue weighted by molar-refractivity contribution is -0.385. The van der Waals surface area contributed by atoms with E-state index >= 15 is 0 Å². The van der Waals surface area contributed by atoms with Gasteiger partial charge in [-0.15, -0.1) is 0 Å². The van der Waals surface area contributed by atoms with Gasteiger partial charge in [-0.1, -0.05) is 36.4 Å². The topological polar surface area (TPSA) is 149 Å². The monoisotopic (exact) mass is 552 g/mol. The second kappa shape index (κ2) is 13.3. The summed E-state index contributed by atoms with van der Waals surface area (Å²) in [5.41, 5.74) is 3.78. The van der Waals surface area contributed by atoms with Gasteiger partial charge in [0.05, 0.1) is 30.2 Å². The number of esters is 1. The van der Waals surface area contributed by atoms with Crippen LogP contribution in [-0.2, 0) is 11.2 Å². The smallest absolute Gasteiger partial charge is 0.343 e. The zero-order chi connectivity index (χ0) is 29.2. The number of anilines is 1. The third-order valence-corrected chi connectivity index (χ3v) is 5.75. The molecule has 0 unspecified atom stereocenters. The molecule has 2 amide bonds. The number of nitro groups is 1. The summed E-state index contributed by atoms with van der Waals surface area (Å²) in [6.07, 6.45) is 1.35. The number of nitro benzene ring substituents is 1. The Morgan fingerprint density at radius 3 is 2.22 bits per heavy atom. The van der Waals surface area contributed by atoms with Crippen molar-refractivity contribution in [3.63, 3.8) is 0 Å². The molecule has 0 radical (unpaired) electrons. The molecule has 0 fully saturated rings. The summed E-state index contributed by atoms with van der Waals surface area (Å²) in [5.74, 6) is -1.38. The van der Waals surface area contributed by atoms with E-state index in [2.05, 4.69) is 15.8 Å². The van der Waals surface area contributed by atoms with Gasteiger partial charge in [0.2, 0.25) is 11.7 Å². The number of para-hydroxylation sites is 1. The highest BCUT2D eigenvalue weighted by Crippen LogP contribution is 2.31. The van der Waals surface area contributed by atoms with Crippen molar-refractivity contribution < 1.29 is 28.8 Å². The first kappa shape index (κ1) is 28.2. The number of hydrazone groups is 1. The number of carbonyl (C=O) groups excluding carboxylic acids is 3. The maximum atomic E-state index is 12.7. The predicted molar refractivity (Wildman–Crippen MR) is 151 cm³/mol. The zero-order valence-corrected chi connectivity index (χ0v) is 21.8. The summed E-state index contributed by atoms with van der Waals surface area (Å²) in [5, 5.41) is 18.2. The summed E-state index contributed by atoms with van der Waals surface area (Å²) < 4.78 is 10.4. The molecule has 0 saturated heterocycles. The molecule has 0 aliphatic heterocycles. The van der Waals surface area contributed by atoms with Crippen molar-refractivity contribution in [2.24, 2.45) is 5.10 Å². The summed E-state index contributed by atoms with van der Waals surface area (Å²) >= 11 is 0. The van der Waals surface area contributed by atoms with Gasteiger partial charge < -0.3 is 14.8 Å². The van der Waals surface area contributed by atoms with E-state index in [-0.39, 0.29) is 34.8 Å². The summed E-state index contributed by atoms with van der Waals surface area (Å²) in [4.78, 5) is 48.4. The maximum absolute atomic E-state index is 12.7. The molecule has 4 aromatic carbocycles. The van der Waals surface area contributed by atoms with Crippen molar-refractivity contribution in [2.75, 3.05) is 12.4 Å². The first-order chi connectivity index (χ1) is 19.8. The van der Waals surface area contributed by atoms with E-state index < -0.39 is 22.5 Å². The van der Waals surface area contributed by atoms with Gasteiger partial charge in [-0.25, -0.2) is 10.2 Å². The Morgan fingerprint density at radius 1 is 0.878 bits per heavy atom. The molecule has 0 atom stereocenters. The molecule has 0 aliphatic carbocycles. The van der Waals surface area contributed by atoms with E-state index in [0.717, 1.165) is 11.8 Å². The van der Waals surface area contributed by atoms with E-state index in [0.29, 0.717) is 11.4 Å². The van der Waals surface area contributed by atoms with Crippen LogP contribution >= 0.6 is 0 Å². The van der Waals surface area contributed by atoms with Gasteiger partial charge in [-0.2, -0.15) is 5.10 Å². The first-order valence-electron chi connectivity index (χ1n) is 12.2. The average Bonchev–Trinajstić information content (AvgIpc) is 2.98. The van der Waals surface area contributed by atoms with Crippen LogP contribution in [0.4, 0.5) is 11.4 Å². The predicted octanol–water partition coefficient (Wildman–Crippen LogP) is 4.77. The third kappa shape index (κ3) is 7.60. The SMILES string of the molecule is COc1ccc(C(=O)Oc2c(/C=N/NC(=O)c3ccc(NC(=O)Cc4ccccc4)cc3)cccc2[N+](=O)[O-])cc1. The van der Waals surface area contributed by atoms with Crippen LogP contribution in [0, 0.1) is 10.1 Å². The van der Waals surface area contributed by atoms with E-state index in [9.17, 15) is 24.5 Å². The molecule has 4 aromatic rings. The molecule has 0 heterocycles. The fourth-order valence-electron chi connectivity index (χ4n) is 3.69. The van der Waals surface area contributed by atoms with Crippen LogP contribution in [0.25, 0.3) is 0 Å². The molecule has 11 nitrogen and oxygen atoms in total. The summed E-state index contributed by atoms with van der Waals surface area (Å²) in [6.45, 7) is 0. The van der Waals surface area contributed by atoms with Crippen LogP contribution in [-0.4, -0.2) is 36.0 Å². The molecular formula is C30H24N4O7. The van der Waals surface area contributed by atoms with Crippen LogP contribution in [0.2, 0.25) is 0 Å². The van der Waals surface area contributed by atoms with Crippen LogP contribution < -0.4 is 20.2 Å². The maximum Gasteiger partial charge on any atom is 0.343 e. The number of ether oxygens (including phenoxy) is 2. The summed E-state index contributed by atoms with van der Waals surface area (Å²) in [7, 11) is 1.48. The number of amides is 2. The number of rotatable bonds is 10. The number of carbonyl (C=O) groups is 3. The average molecular weight is 553 g/mol. The Bertz CT molecular complexity index is 1590. The Balaban J connectivity index is 1.41. The highest BCUT2D eigenvalue weighted by atomic mass is 16.6. The molecule has 0 aromatic heterocycles. The molecule has 0 bridgehead atoms. The fraction of sp³-hybridized carbons (Fsp3) is 0.0667. The van der Waals surface area contributed by atoms with Crippen LogP contribution in [0.1, 0.15) is 31.8 Å². The van der Waals surface area contributed by atoms with Gasteiger partial charge in [0, 0.05) is 22.9 Å². The number of hydrogen-bond donors (Lipinski definition) is 2. The zero-order valence-electron chi connectivity index (χ0n) is 21.8. The molecule has 11 heteroatoms. The molecule has 0 spiro atoms. The van der Waals surface area contributed by atoms with E-state index in [4.69, 9.17) is 9.47 Å². The van der Waals surface area contributed by atoms with Crippen LogP contribution in [0.15, 0.2) is 102 Å². The van der Waals surface area contributed by atoms with E-state index in [1.807, 2.05) is 30.3 Å². The van der Waals surface area contributed by atoms with Gasteiger partial charge in [0.1, 0.15) is 5.75 Å². The van der Waals surface area contributed by atoms with Crippen molar-refractivity contribution in [3.8, 4) is 11.5 Å². The number of benzene rings is 4. The second-order valence-electron chi connectivity index (χ2n) is 8.56. The Hall–Kier alpha value is -5.84. The number of nitrogens with one attached hydrogen (secondary N) is 2. The highest BCUT2D eigenvalue weighted by molar-refractivity contribution is 5.97. The van der Waals surface area contributed by atoms with Gasteiger partial charge in [0.25, 0.3) is 5.91 Å². The third-order valence-electron chi connectivity index (χ3n) is 5.75. The Morgan fingerprint density at radius 2 is 1.56 bits per heavy atom. The van der Waals surface area contributed by atoms with Crippen molar-refractivity contribution in [3.05, 3.63) is 129 Å². The minimum absolute atomic E-state index is 0.0952. The summed E-state index contributed by atoms with van der Waals surface area (Å²) in [6, 6.07) is 25.6. The van der Waals surface area contributed by atoms with Crippen molar-refractivity contribution >= 4 is 35.4 Å². The standard InChI is InChI=1S/C30H24N4O7/c1-40-25-16-12-22(13-17-25)30(37)41-28-23(8-5-9-26(28)34(38)39)19-31-33-29(36)21-10-14-24(15-11-21)32-27(35)18-20-6-3-2-4-7-20/h2-17,19H,18H2,1H3,(H,32,35)(H,33,36)/b31-19+. The molecule has 0 aliphatic rings. The molecule has 4 rings (SSSR count). The van der Waals surface area contributed by atoms with Crippen LogP contribution in [0.3, 0.4) is 0 Å². The van der Waals surface area contributed by atoms with Crippen molar-refractivity contribution in [1.29, 1.82) is 0 Å². The Labute approximate surface area is 234 Å². The molecule has 0 saturated carbocycles. The van der Waals surface area contributed by atoms with E-state index in [1.165, 1.54) is 49.6 Å². The molecule has 41 heavy (non-hydrogen) atoms.